The quantitative estimate of drug-likeness (QED) is 0.752. The lowest BCUT2D eigenvalue weighted by molar-refractivity contribution is -0.119. The fourth-order valence-corrected chi connectivity index (χ4v) is 1.41. The highest BCUT2D eigenvalue weighted by atomic mass is 79.9. The molecule has 0 aromatic heterocycles. The molecule has 0 aromatic carbocycles. The van der Waals surface area contributed by atoms with Crippen LogP contribution in [0.4, 0.5) is 0 Å². The molecule has 1 atom stereocenters. The fraction of sp³-hybridized carbons (Fsp3) is 0.625. The van der Waals surface area contributed by atoms with Crippen molar-refractivity contribution >= 4 is 21.8 Å². The van der Waals surface area contributed by atoms with E-state index in [2.05, 4.69) is 33.1 Å². The summed E-state index contributed by atoms with van der Waals surface area (Å²) in [7, 11) is 0. The molecule has 1 heterocycles. The van der Waals surface area contributed by atoms with Crippen LogP contribution in [0, 0.1) is 0 Å². The minimum absolute atomic E-state index is 0.166. The topological polar surface area (TPSA) is 41.1 Å². The maximum Gasteiger partial charge on any atom is 0.220 e. The molecular formula is C8H13BrN2O. The van der Waals surface area contributed by atoms with Crippen LogP contribution in [0.15, 0.2) is 11.1 Å². The smallest absolute Gasteiger partial charge is 0.220 e. The van der Waals surface area contributed by atoms with E-state index < -0.39 is 0 Å². The molecule has 1 amide bonds. The predicted octanol–water partition coefficient (Wildman–Crippen LogP) is 0.763. The van der Waals surface area contributed by atoms with Crippen LogP contribution in [-0.2, 0) is 4.79 Å². The average molecular weight is 233 g/mol. The van der Waals surface area contributed by atoms with Gasteiger partial charge in [0, 0.05) is 30.0 Å². The molecule has 4 heteroatoms. The van der Waals surface area contributed by atoms with Gasteiger partial charge in [-0.05, 0) is 6.42 Å². The van der Waals surface area contributed by atoms with E-state index in [9.17, 15) is 4.79 Å². The van der Waals surface area contributed by atoms with Crippen molar-refractivity contribution in [3.8, 4) is 0 Å². The molecule has 0 radical (unpaired) electrons. The molecule has 2 N–H and O–H groups in total. The summed E-state index contributed by atoms with van der Waals surface area (Å²) >= 11 is 3.25. The number of rotatable bonds is 4. The van der Waals surface area contributed by atoms with Gasteiger partial charge in [-0.15, -0.1) is 0 Å². The number of carbonyl (C=O) groups excluding carboxylic acids is 1. The summed E-state index contributed by atoms with van der Waals surface area (Å²) in [5, 5.41) is 6.07. The minimum atomic E-state index is 0.166. The zero-order valence-electron chi connectivity index (χ0n) is 6.90. The molecule has 68 valence electrons. The van der Waals surface area contributed by atoms with Gasteiger partial charge in [0.05, 0.1) is 0 Å². The second-order valence-corrected chi connectivity index (χ2v) is 4.07. The Morgan fingerprint density at radius 1 is 1.83 bits per heavy atom. The van der Waals surface area contributed by atoms with E-state index in [-0.39, 0.29) is 5.91 Å². The van der Waals surface area contributed by atoms with E-state index in [1.807, 2.05) is 0 Å². The lowest BCUT2D eigenvalue weighted by Crippen LogP contribution is -2.35. The second kappa shape index (κ2) is 4.62. The Morgan fingerprint density at radius 3 is 3.08 bits per heavy atom. The van der Waals surface area contributed by atoms with Crippen LogP contribution < -0.4 is 10.6 Å². The van der Waals surface area contributed by atoms with Gasteiger partial charge >= 0.3 is 0 Å². The number of amides is 1. The van der Waals surface area contributed by atoms with Gasteiger partial charge in [0.25, 0.3) is 0 Å². The Kier molecular flexibility index (Phi) is 3.75. The molecule has 0 bridgehead atoms. The third kappa shape index (κ3) is 3.36. The summed E-state index contributed by atoms with van der Waals surface area (Å²) in [6.45, 7) is 5.29. The Bertz CT molecular complexity index is 193. The first kappa shape index (κ1) is 9.74. The van der Waals surface area contributed by atoms with E-state index in [1.54, 1.807) is 0 Å². The van der Waals surface area contributed by atoms with Crippen LogP contribution in [0.1, 0.15) is 12.8 Å². The predicted molar refractivity (Wildman–Crippen MR) is 52.1 cm³/mol. The van der Waals surface area contributed by atoms with Gasteiger partial charge in [0.1, 0.15) is 0 Å². The van der Waals surface area contributed by atoms with E-state index in [4.69, 9.17) is 0 Å². The average Bonchev–Trinajstić information content (AvgIpc) is 2.35. The highest BCUT2D eigenvalue weighted by molar-refractivity contribution is 9.11. The van der Waals surface area contributed by atoms with Gasteiger partial charge in [-0.1, -0.05) is 22.5 Å². The van der Waals surface area contributed by atoms with Crippen molar-refractivity contribution in [2.45, 2.75) is 18.9 Å². The summed E-state index contributed by atoms with van der Waals surface area (Å²) in [5.41, 5.74) is 0. The lowest BCUT2D eigenvalue weighted by atomic mass is 10.2. The van der Waals surface area contributed by atoms with Crippen LogP contribution in [0.2, 0.25) is 0 Å². The standard InChI is InChI=1S/C8H13BrN2O/c1-6(9)4-10-5-7-2-3-8(12)11-7/h7,10H,1-5H2,(H,11,12). The maximum atomic E-state index is 10.8. The molecule has 12 heavy (non-hydrogen) atoms. The number of hydrogen-bond acceptors (Lipinski definition) is 2. The molecule has 0 aromatic rings. The molecule has 1 rings (SSSR count). The largest absolute Gasteiger partial charge is 0.352 e. The highest BCUT2D eigenvalue weighted by Crippen LogP contribution is 2.05. The van der Waals surface area contributed by atoms with E-state index >= 15 is 0 Å². The van der Waals surface area contributed by atoms with E-state index in [0.29, 0.717) is 12.5 Å². The van der Waals surface area contributed by atoms with Gasteiger partial charge in [0.2, 0.25) is 5.91 Å². The van der Waals surface area contributed by atoms with Crippen molar-refractivity contribution in [1.82, 2.24) is 10.6 Å². The summed E-state index contributed by atoms with van der Waals surface area (Å²) in [5.74, 6) is 0.166. The van der Waals surface area contributed by atoms with Crippen LogP contribution in [0.5, 0.6) is 0 Å². The van der Waals surface area contributed by atoms with E-state index in [0.717, 1.165) is 24.0 Å². The number of carbonyl (C=O) groups is 1. The van der Waals surface area contributed by atoms with Crippen molar-refractivity contribution in [2.24, 2.45) is 0 Å². The molecular weight excluding hydrogens is 220 g/mol. The number of halogens is 1. The number of hydrogen-bond donors (Lipinski definition) is 2. The molecule has 0 spiro atoms. The lowest BCUT2D eigenvalue weighted by Gasteiger charge is -2.10. The molecule has 1 aliphatic heterocycles. The van der Waals surface area contributed by atoms with Crippen LogP contribution in [0.3, 0.4) is 0 Å². The Balaban J connectivity index is 2.08. The third-order valence-electron chi connectivity index (χ3n) is 1.79. The first-order valence-corrected chi connectivity index (χ1v) is 4.81. The normalized spacial score (nSPS) is 22.4. The van der Waals surface area contributed by atoms with Crippen molar-refractivity contribution in [1.29, 1.82) is 0 Å². The van der Waals surface area contributed by atoms with Gasteiger partial charge in [-0.25, -0.2) is 0 Å². The van der Waals surface area contributed by atoms with Crippen molar-refractivity contribution in [2.75, 3.05) is 13.1 Å². The Hall–Kier alpha value is -0.350. The van der Waals surface area contributed by atoms with E-state index in [1.165, 1.54) is 0 Å². The van der Waals surface area contributed by atoms with Crippen molar-refractivity contribution < 1.29 is 4.79 Å². The minimum Gasteiger partial charge on any atom is -0.352 e. The van der Waals surface area contributed by atoms with Gasteiger partial charge in [-0.2, -0.15) is 0 Å². The van der Waals surface area contributed by atoms with Crippen molar-refractivity contribution in [3.05, 3.63) is 11.1 Å². The van der Waals surface area contributed by atoms with Crippen LogP contribution in [-0.4, -0.2) is 25.0 Å². The summed E-state index contributed by atoms with van der Waals surface area (Å²) in [4.78, 5) is 10.8. The molecule has 0 saturated carbocycles. The fourth-order valence-electron chi connectivity index (χ4n) is 1.21. The summed E-state index contributed by atoms with van der Waals surface area (Å²) in [6, 6.07) is 0.310. The first-order valence-electron chi connectivity index (χ1n) is 4.02. The SMILES string of the molecule is C=C(Br)CNCC1CCC(=O)N1. The van der Waals surface area contributed by atoms with Gasteiger partial charge < -0.3 is 10.6 Å². The van der Waals surface area contributed by atoms with Crippen LogP contribution >= 0.6 is 15.9 Å². The third-order valence-corrected chi connectivity index (χ3v) is 2.07. The zero-order valence-corrected chi connectivity index (χ0v) is 8.49. The zero-order chi connectivity index (χ0) is 8.97. The summed E-state index contributed by atoms with van der Waals surface area (Å²) < 4.78 is 0.937. The van der Waals surface area contributed by atoms with Gasteiger partial charge in [0.15, 0.2) is 0 Å². The van der Waals surface area contributed by atoms with Crippen molar-refractivity contribution in [3.63, 3.8) is 0 Å². The van der Waals surface area contributed by atoms with Gasteiger partial charge in [-0.3, -0.25) is 4.79 Å². The van der Waals surface area contributed by atoms with Crippen LogP contribution in [0.25, 0.3) is 0 Å². The molecule has 1 aliphatic rings. The molecule has 1 fully saturated rings. The maximum absolute atomic E-state index is 10.8. The first-order chi connectivity index (χ1) is 5.68. The summed E-state index contributed by atoms with van der Waals surface area (Å²) in [6.07, 6.45) is 1.61. The number of nitrogens with one attached hydrogen (secondary N) is 2. The Morgan fingerprint density at radius 2 is 2.58 bits per heavy atom. The molecule has 0 aliphatic carbocycles. The highest BCUT2D eigenvalue weighted by Gasteiger charge is 2.19. The second-order valence-electron chi connectivity index (χ2n) is 2.95. The molecule has 1 unspecified atom stereocenters. The Labute approximate surface area is 80.7 Å². The molecule has 1 saturated heterocycles. The molecule has 3 nitrogen and oxygen atoms in total. The monoisotopic (exact) mass is 232 g/mol.